The van der Waals surface area contributed by atoms with Gasteiger partial charge in [0.2, 0.25) is 5.91 Å². The van der Waals surface area contributed by atoms with Gasteiger partial charge in [-0.2, -0.15) is 0 Å². The Morgan fingerprint density at radius 2 is 2.12 bits per heavy atom. The summed E-state index contributed by atoms with van der Waals surface area (Å²) >= 11 is 0. The Hall–Kier alpha value is -1.35. The number of hydrogen-bond acceptors (Lipinski definition) is 2. The highest BCUT2D eigenvalue weighted by molar-refractivity contribution is 5.85. The molecular weight excluding hydrogens is 212 g/mol. The summed E-state index contributed by atoms with van der Waals surface area (Å²) in [4.78, 5) is 14.1. The van der Waals surface area contributed by atoms with Crippen molar-refractivity contribution in [3.63, 3.8) is 0 Å². The van der Waals surface area contributed by atoms with Crippen molar-refractivity contribution in [1.29, 1.82) is 0 Å². The zero-order chi connectivity index (χ0) is 12.3. The van der Waals surface area contributed by atoms with Crippen molar-refractivity contribution in [2.45, 2.75) is 31.7 Å². The Balaban J connectivity index is 2.26. The molecule has 0 bridgehead atoms. The topological polar surface area (TPSA) is 46.3 Å². The molecule has 1 aliphatic heterocycles. The number of benzene rings is 1. The maximum absolute atomic E-state index is 11.9. The number of amides is 1. The van der Waals surface area contributed by atoms with Gasteiger partial charge >= 0.3 is 0 Å². The standard InChI is InChI=1S/C14H20N2O/c1-2-16-10-6-9-14(16,13(15)17)11-12-7-4-3-5-8-12/h3-5,7-8H,2,6,9-11H2,1H3,(H2,15,17)/t14-/m1/s1. The number of rotatable bonds is 4. The summed E-state index contributed by atoms with van der Waals surface area (Å²) in [6.07, 6.45) is 2.67. The molecule has 3 nitrogen and oxygen atoms in total. The minimum atomic E-state index is -0.462. The molecule has 0 aromatic heterocycles. The summed E-state index contributed by atoms with van der Waals surface area (Å²) in [6.45, 7) is 3.95. The Kier molecular flexibility index (Phi) is 3.48. The van der Waals surface area contributed by atoms with E-state index in [4.69, 9.17) is 5.73 Å². The Morgan fingerprint density at radius 1 is 1.41 bits per heavy atom. The quantitative estimate of drug-likeness (QED) is 0.856. The number of likely N-dealkylation sites (tertiary alicyclic amines) is 1. The van der Waals surface area contributed by atoms with Crippen molar-refractivity contribution in [2.75, 3.05) is 13.1 Å². The van der Waals surface area contributed by atoms with Crippen LogP contribution in [0.2, 0.25) is 0 Å². The molecule has 1 heterocycles. The number of likely N-dealkylation sites (N-methyl/N-ethyl adjacent to an activating group) is 1. The number of carbonyl (C=O) groups is 1. The maximum atomic E-state index is 11.9. The van der Waals surface area contributed by atoms with E-state index in [-0.39, 0.29) is 5.91 Å². The first-order valence-corrected chi connectivity index (χ1v) is 6.28. The van der Waals surface area contributed by atoms with Crippen LogP contribution in [-0.2, 0) is 11.2 Å². The maximum Gasteiger partial charge on any atom is 0.238 e. The third kappa shape index (κ3) is 2.20. The van der Waals surface area contributed by atoms with Crippen LogP contribution in [0.25, 0.3) is 0 Å². The van der Waals surface area contributed by atoms with Crippen LogP contribution in [0.5, 0.6) is 0 Å². The molecule has 0 radical (unpaired) electrons. The van der Waals surface area contributed by atoms with Crippen LogP contribution in [0.15, 0.2) is 30.3 Å². The van der Waals surface area contributed by atoms with Gasteiger partial charge in [-0.3, -0.25) is 9.69 Å². The SMILES string of the molecule is CCN1CCC[C@@]1(Cc1ccccc1)C(N)=O. The summed E-state index contributed by atoms with van der Waals surface area (Å²) in [7, 11) is 0. The summed E-state index contributed by atoms with van der Waals surface area (Å²) in [5, 5.41) is 0. The van der Waals surface area contributed by atoms with Crippen molar-refractivity contribution in [3.05, 3.63) is 35.9 Å². The molecule has 3 heteroatoms. The van der Waals surface area contributed by atoms with E-state index in [0.717, 1.165) is 32.4 Å². The van der Waals surface area contributed by atoms with Gasteiger partial charge in [-0.15, -0.1) is 0 Å². The van der Waals surface area contributed by atoms with Gasteiger partial charge in [0, 0.05) is 0 Å². The van der Waals surface area contributed by atoms with Gasteiger partial charge in [0.15, 0.2) is 0 Å². The molecule has 0 aliphatic carbocycles. The molecule has 1 amide bonds. The van der Waals surface area contributed by atoms with E-state index < -0.39 is 5.54 Å². The predicted molar refractivity (Wildman–Crippen MR) is 68.6 cm³/mol. The molecule has 2 rings (SSSR count). The Labute approximate surface area is 103 Å². The van der Waals surface area contributed by atoms with E-state index in [9.17, 15) is 4.79 Å². The van der Waals surface area contributed by atoms with Crippen LogP contribution < -0.4 is 5.73 Å². The Bertz CT molecular complexity index is 390. The normalized spacial score (nSPS) is 25.0. The van der Waals surface area contributed by atoms with E-state index in [1.807, 2.05) is 18.2 Å². The lowest BCUT2D eigenvalue weighted by atomic mass is 9.87. The molecule has 1 atom stereocenters. The monoisotopic (exact) mass is 232 g/mol. The summed E-state index contributed by atoms with van der Waals surface area (Å²) in [5.74, 6) is -0.180. The van der Waals surface area contributed by atoms with E-state index >= 15 is 0 Å². The lowest BCUT2D eigenvalue weighted by molar-refractivity contribution is -0.128. The fourth-order valence-corrected chi connectivity index (χ4v) is 2.90. The minimum Gasteiger partial charge on any atom is -0.368 e. The van der Waals surface area contributed by atoms with Crippen molar-refractivity contribution < 1.29 is 4.79 Å². The van der Waals surface area contributed by atoms with Gasteiger partial charge in [0.1, 0.15) is 5.54 Å². The van der Waals surface area contributed by atoms with Crippen LogP contribution in [-0.4, -0.2) is 29.4 Å². The van der Waals surface area contributed by atoms with E-state index in [1.54, 1.807) is 0 Å². The molecule has 1 saturated heterocycles. The lowest BCUT2D eigenvalue weighted by Gasteiger charge is -2.35. The first-order chi connectivity index (χ1) is 8.19. The van der Waals surface area contributed by atoms with Crippen LogP contribution in [0.4, 0.5) is 0 Å². The van der Waals surface area contributed by atoms with E-state index in [0.29, 0.717) is 0 Å². The number of carbonyl (C=O) groups excluding carboxylic acids is 1. The molecule has 1 aliphatic rings. The highest BCUT2D eigenvalue weighted by Gasteiger charge is 2.45. The van der Waals surface area contributed by atoms with Gasteiger partial charge in [0.25, 0.3) is 0 Å². The molecule has 17 heavy (non-hydrogen) atoms. The van der Waals surface area contributed by atoms with Gasteiger partial charge in [-0.25, -0.2) is 0 Å². The molecular formula is C14H20N2O. The number of nitrogens with zero attached hydrogens (tertiary/aromatic N) is 1. The second-order valence-corrected chi connectivity index (χ2v) is 4.74. The smallest absolute Gasteiger partial charge is 0.238 e. The van der Waals surface area contributed by atoms with E-state index in [2.05, 4.69) is 24.0 Å². The molecule has 0 spiro atoms. The van der Waals surface area contributed by atoms with Crippen LogP contribution in [0.3, 0.4) is 0 Å². The second kappa shape index (κ2) is 4.88. The third-order valence-electron chi connectivity index (χ3n) is 3.80. The number of nitrogens with two attached hydrogens (primary N) is 1. The zero-order valence-electron chi connectivity index (χ0n) is 10.4. The lowest BCUT2D eigenvalue weighted by Crippen LogP contribution is -2.55. The van der Waals surface area contributed by atoms with Crippen LogP contribution in [0.1, 0.15) is 25.3 Å². The first-order valence-electron chi connectivity index (χ1n) is 6.28. The van der Waals surface area contributed by atoms with Gasteiger partial charge in [0.05, 0.1) is 0 Å². The van der Waals surface area contributed by atoms with Gasteiger partial charge in [-0.05, 0) is 37.9 Å². The van der Waals surface area contributed by atoms with Crippen molar-refractivity contribution in [2.24, 2.45) is 5.73 Å². The van der Waals surface area contributed by atoms with Crippen LogP contribution in [0, 0.1) is 0 Å². The first kappa shape index (κ1) is 12.1. The van der Waals surface area contributed by atoms with Gasteiger partial charge in [-0.1, -0.05) is 37.3 Å². The minimum absolute atomic E-state index is 0.180. The fraction of sp³-hybridized carbons (Fsp3) is 0.500. The van der Waals surface area contributed by atoms with Crippen molar-refractivity contribution >= 4 is 5.91 Å². The summed E-state index contributed by atoms with van der Waals surface area (Å²) in [5.41, 5.74) is 6.39. The summed E-state index contributed by atoms with van der Waals surface area (Å²) in [6, 6.07) is 10.1. The molecule has 0 unspecified atom stereocenters. The average Bonchev–Trinajstić information content (AvgIpc) is 2.74. The van der Waals surface area contributed by atoms with Crippen molar-refractivity contribution in [3.8, 4) is 0 Å². The molecule has 92 valence electrons. The molecule has 2 N–H and O–H groups in total. The van der Waals surface area contributed by atoms with Crippen molar-refractivity contribution in [1.82, 2.24) is 4.90 Å². The fourth-order valence-electron chi connectivity index (χ4n) is 2.90. The second-order valence-electron chi connectivity index (χ2n) is 4.74. The largest absolute Gasteiger partial charge is 0.368 e. The van der Waals surface area contributed by atoms with Crippen LogP contribution >= 0.6 is 0 Å². The highest BCUT2D eigenvalue weighted by atomic mass is 16.1. The van der Waals surface area contributed by atoms with E-state index in [1.165, 1.54) is 5.56 Å². The zero-order valence-corrected chi connectivity index (χ0v) is 10.4. The third-order valence-corrected chi connectivity index (χ3v) is 3.80. The average molecular weight is 232 g/mol. The predicted octanol–water partition coefficient (Wildman–Crippen LogP) is 1.57. The molecule has 1 aromatic rings. The Morgan fingerprint density at radius 3 is 2.71 bits per heavy atom. The number of hydrogen-bond donors (Lipinski definition) is 1. The molecule has 1 aromatic carbocycles. The molecule has 0 saturated carbocycles. The number of primary amides is 1. The molecule has 1 fully saturated rings. The highest BCUT2D eigenvalue weighted by Crippen LogP contribution is 2.32. The van der Waals surface area contributed by atoms with Gasteiger partial charge < -0.3 is 5.73 Å². The summed E-state index contributed by atoms with van der Waals surface area (Å²) < 4.78 is 0.